The molecule has 1 aliphatic heterocycles. The lowest BCUT2D eigenvalue weighted by Crippen LogP contribution is -2.37. The minimum Gasteiger partial charge on any atom is -0.378 e. The van der Waals surface area contributed by atoms with E-state index in [1.165, 1.54) is 6.07 Å². The normalized spacial score (nSPS) is 17.3. The number of carbonyl (C=O) groups excluding carboxylic acids is 1. The van der Waals surface area contributed by atoms with E-state index in [9.17, 15) is 13.2 Å². The van der Waals surface area contributed by atoms with Crippen LogP contribution in [0, 0.1) is 5.92 Å². The molecular weight excluding hydrogens is 426 g/mol. The number of halogens is 1. The summed E-state index contributed by atoms with van der Waals surface area (Å²) in [7, 11) is -3.90. The number of rotatable bonds is 6. The number of carbonyl (C=O) groups is 1. The van der Waals surface area contributed by atoms with Gasteiger partial charge in [0.1, 0.15) is 4.90 Å². The predicted molar refractivity (Wildman–Crippen MR) is 118 cm³/mol. The largest absolute Gasteiger partial charge is 0.378 e. The van der Waals surface area contributed by atoms with Crippen molar-refractivity contribution in [1.29, 1.82) is 0 Å². The van der Waals surface area contributed by atoms with Gasteiger partial charge in [-0.1, -0.05) is 18.0 Å². The lowest BCUT2D eigenvalue weighted by Gasteiger charge is -2.31. The lowest BCUT2D eigenvalue weighted by molar-refractivity contribution is -0.122. The van der Waals surface area contributed by atoms with Gasteiger partial charge >= 0.3 is 0 Å². The van der Waals surface area contributed by atoms with Gasteiger partial charge in [-0.2, -0.15) is 0 Å². The second kappa shape index (κ2) is 8.83. The van der Waals surface area contributed by atoms with Crippen molar-refractivity contribution in [3.8, 4) is 0 Å². The van der Waals surface area contributed by atoms with Crippen molar-refractivity contribution >= 4 is 44.6 Å². The highest BCUT2D eigenvalue weighted by Gasteiger charge is 2.27. The fraction of sp³-hybridized carbons (Fsp3) is 0.381. The molecule has 1 aliphatic carbocycles. The molecule has 2 aromatic rings. The van der Waals surface area contributed by atoms with E-state index in [2.05, 4.69) is 10.0 Å². The molecule has 1 amide bonds. The van der Waals surface area contributed by atoms with E-state index in [4.69, 9.17) is 16.3 Å². The maximum absolute atomic E-state index is 13.3. The molecule has 1 saturated carbocycles. The van der Waals surface area contributed by atoms with Crippen molar-refractivity contribution in [1.82, 2.24) is 0 Å². The van der Waals surface area contributed by atoms with Crippen LogP contribution in [0.15, 0.2) is 47.4 Å². The maximum atomic E-state index is 13.3. The number of benzene rings is 2. The average Bonchev–Trinajstić information content (AvgIpc) is 2.69. The van der Waals surface area contributed by atoms with Crippen LogP contribution in [0.25, 0.3) is 0 Å². The summed E-state index contributed by atoms with van der Waals surface area (Å²) in [5.41, 5.74) is 1.47. The Balaban J connectivity index is 1.66. The van der Waals surface area contributed by atoms with Gasteiger partial charge < -0.3 is 15.0 Å². The molecule has 2 N–H and O–H groups in total. The first kappa shape index (κ1) is 21.0. The third-order valence-corrected chi connectivity index (χ3v) is 7.10. The Labute approximate surface area is 181 Å². The van der Waals surface area contributed by atoms with E-state index in [0.29, 0.717) is 48.4 Å². The summed E-state index contributed by atoms with van der Waals surface area (Å²) in [5, 5.41) is 3.39. The lowest BCUT2D eigenvalue weighted by atomic mass is 9.85. The molecule has 0 spiro atoms. The van der Waals surface area contributed by atoms with Crippen LogP contribution < -0.4 is 14.9 Å². The van der Waals surface area contributed by atoms with Crippen molar-refractivity contribution in [3.05, 3.63) is 47.5 Å². The Bertz CT molecular complexity index is 1020. The van der Waals surface area contributed by atoms with Crippen LogP contribution >= 0.6 is 11.6 Å². The average molecular weight is 450 g/mol. The van der Waals surface area contributed by atoms with Gasteiger partial charge in [-0.3, -0.25) is 9.52 Å². The van der Waals surface area contributed by atoms with Gasteiger partial charge in [0.05, 0.1) is 18.9 Å². The van der Waals surface area contributed by atoms with E-state index >= 15 is 0 Å². The van der Waals surface area contributed by atoms with Gasteiger partial charge in [-0.25, -0.2) is 8.42 Å². The van der Waals surface area contributed by atoms with Crippen LogP contribution in [0.3, 0.4) is 0 Å². The molecule has 9 heteroatoms. The maximum Gasteiger partial charge on any atom is 0.264 e. The number of hydrogen-bond acceptors (Lipinski definition) is 5. The highest BCUT2D eigenvalue weighted by molar-refractivity contribution is 7.92. The first-order valence-electron chi connectivity index (χ1n) is 9.98. The quantitative estimate of drug-likeness (QED) is 0.701. The SMILES string of the molecule is O=C(Nc1ccc(N2CCOCC2)c(S(=O)(=O)Nc2ccc(Cl)cc2)c1)C1CCC1. The molecule has 1 saturated heterocycles. The number of morpholine rings is 1. The number of nitrogens with zero attached hydrogens (tertiary/aromatic N) is 1. The second-order valence-electron chi connectivity index (χ2n) is 7.51. The topological polar surface area (TPSA) is 87.7 Å². The van der Waals surface area contributed by atoms with Crippen molar-refractivity contribution in [2.45, 2.75) is 24.2 Å². The number of anilines is 3. The van der Waals surface area contributed by atoms with Gasteiger partial charge in [-0.05, 0) is 55.3 Å². The van der Waals surface area contributed by atoms with Crippen molar-refractivity contribution in [2.24, 2.45) is 5.92 Å². The summed E-state index contributed by atoms with van der Waals surface area (Å²) >= 11 is 5.90. The van der Waals surface area contributed by atoms with Crippen LogP contribution in [0.2, 0.25) is 5.02 Å². The van der Waals surface area contributed by atoms with Crippen molar-refractivity contribution < 1.29 is 17.9 Å². The molecule has 0 radical (unpaired) electrons. The first-order chi connectivity index (χ1) is 14.4. The van der Waals surface area contributed by atoms with E-state index < -0.39 is 10.0 Å². The smallest absolute Gasteiger partial charge is 0.264 e. The summed E-state index contributed by atoms with van der Waals surface area (Å²) in [6.07, 6.45) is 2.81. The molecule has 1 heterocycles. The number of nitrogens with one attached hydrogen (secondary N) is 2. The third kappa shape index (κ3) is 4.71. The van der Waals surface area contributed by atoms with E-state index in [1.807, 2.05) is 4.90 Å². The Morgan fingerprint density at radius 3 is 2.33 bits per heavy atom. The first-order valence-corrected chi connectivity index (χ1v) is 11.8. The summed E-state index contributed by atoms with van der Waals surface area (Å²) in [5.74, 6) is -0.0504. The number of ether oxygens (including phenoxy) is 1. The molecule has 0 unspecified atom stereocenters. The van der Waals surface area contributed by atoms with Crippen LogP contribution in [0.4, 0.5) is 17.1 Å². The van der Waals surface area contributed by atoms with Gasteiger partial charge in [0.15, 0.2) is 0 Å². The van der Waals surface area contributed by atoms with Crippen LogP contribution in [-0.2, 0) is 19.6 Å². The molecule has 4 rings (SSSR count). The van der Waals surface area contributed by atoms with E-state index in [-0.39, 0.29) is 16.7 Å². The van der Waals surface area contributed by atoms with Crippen LogP contribution in [0.1, 0.15) is 19.3 Å². The summed E-state index contributed by atoms with van der Waals surface area (Å²) < 4.78 is 34.6. The molecule has 2 aromatic carbocycles. The van der Waals surface area contributed by atoms with Crippen LogP contribution in [-0.4, -0.2) is 40.6 Å². The number of hydrogen-bond donors (Lipinski definition) is 2. The highest BCUT2D eigenvalue weighted by atomic mass is 35.5. The molecule has 0 aromatic heterocycles. The zero-order valence-electron chi connectivity index (χ0n) is 16.4. The molecule has 2 aliphatic rings. The molecule has 0 atom stereocenters. The third-order valence-electron chi connectivity index (χ3n) is 5.44. The molecule has 30 heavy (non-hydrogen) atoms. The summed E-state index contributed by atoms with van der Waals surface area (Å²) in [6, 6.07) is 11.5. The standard InChI is InChI=1S/C21H24ClN3O4S/c22-16-4-6-17(7-5-16)24-30(27,28)20-14-18(23-21(26)15-2-1-3-15)8-9-19(20)25-10-12-29-13-11-25/h4-9,14-15,24H,1-3,10-13H2,(H,23,26). The Hall–Kier alpha value is -2.29. The van der Waals surface area contributed by atoms with Crippen LogP contribution in [0.5, 0.6) is 0 Å². The highest BCUT2D eigenvalue weighted by Crippen LogP contribution is 2.32. The number of sulfonamides is 1. The number of amides is 1. The van der Waals surface area contributed by atoms with E-state index in [1.54, 1.807) is 36.4 Å². The van der Waals surface area contributed by atoms with Gasteiger partial charge in [0.2, 0.25) is 5.91 Å². The monoisotopic (exact) mass is 449 g/mol. The molecule has 7 nitrogen and oxygen atoms in total. The predicted octanol–water partition coefficient (Wildman–Crippen LogP) is 3.72. The van der Waals surface area contributed by atoms with Crippen molar-refractivity contribution in [3.63, 3.8) is 0 Å². The van der Waals surface area contributed by atoms with Gasteiger partial charge in [0, 0.05) is 35.4 Å². The zero-order chi connectivity index (χ0) is 21.1. The van der Waals surface area contributed by atoms with Gasteiger partial charge in [0.25, 0.3) is 10.0 Å². The fourth-order valence-electron chi connectivity index (χ4n) is 3.52. The zero-order valence-corrected chi connectivity index (χ0v) is 18.0. The molecular formula is C21H24ClN3O4S. The summed E-state index contributed by atoms with van der Waals surface area (Å²) in [4.78, 5) is 14.4. The molecule has 0 bridgehead atoms. The minimum atomic E-state index is -3.90. The Kier molecular flexibility index (Phi) is 6.17. The molecule has 160 valence electrons. The van der Waals surface area contributed by atoms with Crippen molar-refractivity contribution in [2.75, 3.05) is 41.2 Å². The van der Waals surface area contributed by atoms with E-state index in [0.717, 1.165) is 19.3 Å². The second-order valence-corrected chi connectivity index (χ2v) is 9.60. The minimum absolute atomic E-state index is 0.0103. The molecule has 2 fully saturated rings. The summed E-state index contributed by atoms with van der Waals surface area (Å²) in [6.45, 7) is 2.25. The Morgan fingerprint density at radius 2 is 1.70 bits per heavy atom. The van der Waals surface area contributed by atoms with Gasteiger partial charge in [-0.15, -0.1) is 0 Å². The Morgan fingerprint density at radius 1 is 1.03 bits per heavy atom. The fourth-order valence-corrected chi connectivity index (χ4v) is 4.95.